The van der Waals surface area contributed by atoms with E-state index in [9.17, 15) is 5.11 Å². The van der Waals surface area contributed by atoms with Crippen molar-refractivity contribution in [2.75, 3.05) is 0 Å². The zero-order valence-electron chi connectivity index (χ0n) is 14.1. The van der Waals surface area contributed by atoms with Crippen molar-refractivity contribution in [2.45, 2.75) is 76.6 Å². The molecule has 120 valence electrons. The molecule has 1 heterocycles. The quantitative estimate of drug-likeness (QED) is 0.854. The molecular formula is C18H27BO3. The zero-order chi connectivity index (χ0) is 16.0. The maximum Gasteiger partial charge on any atom is 0.494 e. The lowest BCUT2D eigenvalue weighted by atomic mass is 9.77. The molecule has 3 nitrogen and oxygen atoms in total. The molecule has 0 bridgehead atoms. The number of benzene rings is 1. The minimum atomic E-state index is -0.296. The van der Waals surface area contributed by atoms with Gasteiger partial charge < -0.3 is 14.4 Å². The molecular weight excluding hydrogens is 275 g/mol. The maximum absolute atomic E-state index is 9.63. The van der Waals surface area contributed by atoms with Crippen LogP contribution in [0.2, 0.25) is 0 Å². The predicted molar refractivity (Wildman–Crippen MR) is 89.4 cm³/mol. The molecule has 2 aliphatic rings. The van der Waals surface area contributed by atoms with Crippen molar-refractivity contribution in [1.82, 2.24) is 0 Å². The van der Waals surface area contributed by atoms with Gasteiger partial charge in [-0.3, -0.25) is 0 Å². The van der Waals surface area contributed by atoms with E-state index >= 15 is 0 Å². The molecule has 0 spiro atoms. The summed E-state index contributed by atoms with van der Waals surface area (Å²) in [7, 11) is -0.285. The van der Waals surface area contributed by atoms with Gasteiger partial charge in [0.05, 0.1) is 17.3 Å². The third kappa shape index (κ3) is 2.97. The largest absolute Gasteiger partial charge is 0.494 e. The van der Waals surface area contributed by atoms with Gasteiger partial charge in [0.25, 0.3) is 0 Å². The van der Waals surface area contributed by atoms with Crippen LogP contribution in [0.3, 0.4) is 0 Å². The summed E-state index contributed by atoms with van der Waals surface area (Å²) in [5.74, 6) is 0.579. The second-order valence-electron chi connectivity index (χ2n) is 7.76. The molecule has 4 heteroatoms. The summed E-state index contributed by atoms with van der Waals surface area (Å²) in [6, 6.07) is 8.65. The van der Waals surface area contributed by atoms with Crippen LogP contribution in [0.25, 0.3) is 0 Å². The fourth-order valence-electron chi connectivity index (χ4n) is 3.31. The van der Waals surface area contributed by atoms with Gasteiger partial charge in [0.2, 0.25) is 0 Å². The van der Waals surface area contributed by atoms with Crippen LogP contribution in [0.15, 0.2) is 24.3 Å². The Morgan fingerprint density at radius 3 is 1.91 bits per heavy atom. The Kier molecular flexibility index (Phi) is 4.13. The highest BCUT2D eigenvalue weighted by Crippen LogP contribution is 2.37. The Balaban J connectivity index is 1.70. The van der Waals surface area contributed by atoms with E-state index in [1.165, 1.54) is 5.56 Å². The normalized spacial score (nSPS) is 30.5. The van der Waals surface area contributed by atoms with Gasteiger partial charge >= 0.3 is 7.12 Å². The van der Waals surface area contributed by atoms with Gasteiger partial charge in [-0.15, -0.1) is 0 Å². The number of hydrogen-bond donors (Lipinski definition) is 1. The van der Waals surface area contributed by atoms with E-state index in [1.807, 2.05) is 0 Å². The van der Waals surface area contributed by atoms with E-state index in [0.717, 1.165) is 31.1 Å². The maximum atomic E-state index is 9.63. The van der Waals surface area contributed by atoms with Crippen LogP contribution in [0, 0.1) is 0 Å². The van der Waals surface area contributed by atoms with Crippen LogP contribution in [0.4, 0.5) is 0 Å². The molecule has 0 unspecified atom stereocenters. The van der Waals surface area contributed by atoms with Gasteiger partial charge in [-0.05, 0) is 70.3 Å². The Hall–Kier alpha value is -0.835. The average molecular weight is 302 g/mol. The van der Waals surface area contributed by atoms with E-state index in [4.69, 9.17) is 9.31 Å². The van der Waals surface area contributed by atoms with E-state index in [-0.39, 0.29) is 24.4 Å². The van der Waals surface area contributed by atoms with Crippen molar-refractivity contribution in [3.8, 4) is 0 Å². The van der Waals surface area contributed by atoms with E-state index in [2.05, 4.69) is 52.0 Å². The molecule has 0 atom stereocenters. The first-order valence-corrected chi connectivity index (χ1v) is 8.42. The van der Waals surface area contributed by atoms with Gasteiger partial charge in [-0.2, -0.15) is 0 Å². The Bertz CT molecular complexity index is 500. The Labute approximate surface area is 134 Å². The van der Waals surface area contributed by atoms with Crippen molar-refractivity contribution in [3.63, 3.8) is 0 Å². The first-order valence-electron chi connectivity index (χ1n) is 8.42. The van der Waals surface area contributed by atoms with E-state index < -0.39 is 0 Å². The highest BCUT2D eigenvalue weighted by atomic mass is 16.7. The van der Waals surface area contributed by atoms with Crippen molar-refractivity contribution >= 4 is 12.6 Å². The molecule has 1 aliphatic carbocycles. The molecule has 1 aliphatic heterocycles. The van der Waals surface area contributed by atoms with Crippen LogP contribution in [-0.4, -0.2) is 29.5 Å². The summed E-state index contributed by atoms with van der Waals surface area (Å²) in [5, 5.41) is 9.63. The lowest BCUT2D eigenvalue weighted by Gasteiger charge is -2.32. The second kappa shape index (κ2) is 5.66. The molecule has 1 saturated carbocycles. The monoisotopic (exact) mass is 302 g/mol. The summed E-state index contributed by atoms with van der Waals surface area (Å²) in [4.78, 5) is 0. The van der Waals surface area contributed by atoms with Crippen LogP contribution < -0.4 is 5.46 Å². The summed E-state index contributed by atoms with van der Waals surface area (Å²) >= 11 is 0. The van der Waals surface area contributed by atoms with Crippen molar-refractivity contribution < 1.29 is 14.4 Å². The summed E-state index contributed by atoms with van der Waals surface area (Å²) in [6.45, 7) is 8.31. The molecule has 0 aromatic heterocycles. The van der Waals surface area contributed by atoms with Crippen molar-refractivity contribution in [1.29, 1.82) is 0 Å². The number of aliphatic hydroxyl groups excluding tert-OH is 1. The number of aliphatic hydroxyl groups is 1. The van der Waals surface area contributed by atoms with E-state index in [1.54, 1.807) is 0 Å². The highest BCUT2D eigenvalue weighted by Gasteiger charge is 2.51. The summed E-state index contributed by atoms with van der Waals surface area (Å²) < 4.78 is 12.2. The molecule has 1 saturated heterocycles. The zero-order valence-corrected chi connectivity index (χ0v) is 14.1. The smallest absolute Gasteiger partial charge is 0.399 e. The third-order valence-electron chi connectivity index (χ3n) is 5.63. The first kappa shape index (κ1) is 16.0. The molecule has 2 fully saturated rings. The van der Waals surface area contributed by atoms with Gasteiger partial charge in [0.15, 0.2) is 0 Å². The minimum Gasteiger partial charge on any atom is -0.399 e. The minimum absolute atomic E-state index is 0.0970. The van der Waals surface area contributed by atoms with Crippen molar-refractivity contribution in [3.05, 3.63) is 29.8 Å². The molecule has 0 radical (unpaired) electrons. The van der Waals surface area contributed by atoms with Gasteiger partial charge in [-0.1, -0.05) is 24.3 Å². The summed E-state index contributed by atoms with van der Waals surface area (Å²) in [5.41, 5.74) is 1.86. The number of hydrogen-bond acceptors (Lipinski definition) is 3. The molecule has 1 N–H and O–H groups in total. The molecule has 3 rings (SSSR count). The Morgan fingerprint density at radius 1 is 0.909 bits per heavy atom. The highest BCUT2D eigenvalue weighted by molar-refractivity contribution is 6.62. The van der Waals surface area contributed by atoms with Gasteiger partial charge in [0, 0.05) is 0 Å². The van der Waals surface area contributed by atoms with Crippen molar-refractivity contribution in [2.24, 2.45) is 0 Å². The predicted octanol–water partition coefficient (Wildman–Crippen LogP) is 3.00. The number of rotatable bonds is 2. The standard InChI is InChI=1S/C18H27BO3/c1-17(2)18(3,4)22-19(21-17)15-9-5-13(6-10-15)14-7-11-16(20)12-8-14/h5-6,9-10,14,16,20H,7-8,11-12H2,1-4H3. The second-order valence-corrected chi connectivity index (χ2v) is 7.76. The van der Waals surface area contributed by atoms with Crippen LogP contribution in [0.5, 0.6) is 0 Å². The third-order valence-corrected chi connectivity index (χ3v) is 5.63. The Morgan fingerprint density at radius 2 is 1.41 bits per heavy atom. The fourth-order valence-corrected chi connectivity index (χ4v) is 3.31. The SMILES string of the molecule is CC1(C)OB(c2ccc(C3CCC(O)CC3)cc2)OC1(C)C. The topological polar surface area (TPSA) is 38.7 Å². The van der Waals surface area contributed by atoms with Gasteiger partial charge in [0.1, 0.15) is 0 Å². The fraction of sp³-hybridized carbons (Fsp3) is 0.667. The lowest BCUT2D eigenvalue weighted by molar-refractivity contribution is 0.00578. The van der Waals surface area contributed by atoms with Crippen LogP contribution in [-0.2, 0) is 9.31 Å². The van der Waals surface area contributed by atoms with Crippen LogP contribution in [0.1, 0.15) is 64.9 Å². The molecule has 1 aromatic rings. The van der Waals surface area contributed by atoms with E-state index in [0.29, 0.717) is 5.92 Å². The molecule has 22 heavy (non-hydrogen) atoms. The van der Waals surface area contributed by atoms with Crippen LogP contribution >= 0.6 is 0 Å². The van der Waals surface area contributed by atoms with Gasteiger partial charge in [-0.25, -0.2) is 0 Å². The lowest BCUT2D eigenvalue weighted by Crippen LogP contribution is -2.41. The molecule has 0 amide bonds. The molecule has 1 aromatic carbocycles. The first-order chi connectivity index (χ1) is 10.3. The average Bonchev–Trinajstić information content (AvgIpc) is 2.68. The summed E-state index contributed by atoms with van der Waals surface area (Å²) in [6.07, 6.45) is 3.90.